The molecular formula is C25H23N3O2. The van der Waals surface area contributed by atoms with Crippen molar-refractivity contribution < 1.29 is 4.79 Å². The molecule has 0 saturated heterocycles. The lowest BCUT2D eigenvalue weighted by Crippen LogP contribution is -2.36. The number of nitrogens with one attached hydrogen (secondary N) is 1. The van der Waals surface area contributed by atoms with Gasteiger partial charge in [0, 0.05) is 5.39 Å². The highest BCUT2D eigenvalue weighted by molar-refractivity contribution is 5.83. The molecule has 0 unspecified atom stereocenters. The molecule has 1 aromatic heterocycles. The number of benzene rings is 3. The Hall–Kier alpha value is -3.73. The first-order valence-corrected chi connectivity index (χ1v) is 9.96. The lowest BCUT2D eigenvalue weighted by molar-refractivity contribution is -0.122. The zero-order chi connectivity index (χ0) is 20.9. The standard InChI is InChI=1S/C25H23N3O2/c1-18-21-14-8-9-15-22(21)25(30)28(27-18)17-24(29)26-23(20-12-6-3-7-13-20)16-19-10-4-2-5-11-19/h2-15,23H,16-17H2,1H3,(H,26,29)/t23-/m0/s1. The second kappa shape index (κ2) is 8.74. The topological polar surface area (TPSA) is 64.0 Å². The number of aryl methyl sites for hydroxylation is 1. The Bertz CT molecular complexity index is 1220. The van der Waals surface area contributed by atoms with Crippen LogP contribution in [0.1, 0.15) is 22.9 Å². The lowest BCUT2D eigenvalue weighted by Gasteiger charge is -2.20. The molecule has 5 nitrogen and oxygen atoms in total. The summed E-state index contributed by atoms with van der Waals surface area (Å²) in [6.07, 6.45) is 0.662. The predicted octanol–water partition coefficient (Wildman–Crippen LogP) is 3.81. The molecule has 0 aliphatic rings. The van der Waals surface area contributed by atoms with Crippen LogP contribution in [0, 0.1) is 6.92 Å². The van der Waals surface area contributed by atoms with Gasteiger partial charge in [0.1, 0.15) is 6.54 Å². The number of carbonyl (C=O) groups is 1. The van der Waals surface area contributed by atoms with Crippen molar-refractivity contribution in [3.63, 3.8) is 0 Å². The van der Waals surface area contributed by atoms with E-state index in [4.69, 9.17) is 0 Å². The molecular weight excluding hydrogens is 374 g/mol. The average Bonchev–Trinajstić information content (AvgIpc) is 2.78. The van der Waals surface area contributed by atoms with E-state index < -0.39 is 0 Å². The number of nitrogens with zero attached hydrogens (tertiary/aromatic N) is 2. The summed E-state index contributed by atoms with van der Waals surface area (Å²) in [6, 6.07) is 27.0. The van der Waals surface area contributed by atoms with E-state index in [2.05, 4.69) is 10.4 Å². The third-order valence-corrected chi connectivity index (χ3v) is 5.17. The van der Waals surface area contributed by atoms with Crippen LogP contribution >= 0.6 is 0 Å². The number of hydrogen-bond acceptors (Lipinski definition) is 3. The molecule has 0 aliphatic carbocycles. The van der Waals surface area contributed by atoms with Crippen molar-refractivity contribution in [1.29, 1.82) is 0 Å². The summed E-state index contributed by atoms with van der Waals surface area (Å²) in [5.74, 6) is -0.246. The Kier molecular flexibility index (Phi) is 5.70. The minimum Gasteiger partial charge on any atom is -0.347 e. The van der Waals surface area contributed by atoms with E-state index in [1.54, 1.807) is 6.07 Å². The van der Waals surface area contributed by atoms with Gasteiger partial charge >= 0.3 is 0 Å². The van der Waals surface area contributed by atoms with Crippen LogP contribution in [0.15, 0.2) is 89.7 Å². The lowest BCUT2D eigenvalue weighted by atomic mass is 9.99. The SMILES string of the molecule is Cc1nn(CC(=O)N[C@@H](Cc2ccccc2)c2ccccc2)c(=O)c2ccccc12. The molecule has 0 bridgehead atoms. The van der Waals surface area contributed by atoms with E-state index in [1.165, 1.54) is 4.68 Å². The first kappa shape index (κ1) is 19.6. The number of amides is 1. The molecule has 4 rings (SSSR count). The Morgan fingerprint density at radius 2 is 1.50 bits per heavy atom. The average molecular weight is 397 g/mol. The Balaban J connectivity index is 1.58. The highest BCUT2D eigenvalue weighted by atomic mass is 16.2. The highest BCUT2D eigenvalue weighted by Crippen LogP contribution is 2.18. The van der Waals surface area contributed by atoms with Crippen molar-refractivity contribution >= 4 is 16.7 Å². The molecule has 1 heterocycles. The number of carbonyl (C=O) groups excluding carboxylic acids is 1. The van der Waals surface area contributed by atoms with Gasteiger partial charge in [0.25, 0.3) is 5.56 Å². The van der Waals surface area contributed by atoms with Crippen molar-refractivity contribution in [3.8, 4) is 0 Å². The summed E-state index contributed by atoms with van der Waals surface area (Å²) in [5, 5.41) is 8.82. The molecule has 1 amide bonds. The second-order valence-electron chi connectivity index (χ2n) is 7.31. The fourth-order valence-electron chi connectivity index (χ4n) is 3.68. The fraction of sp³-hybridized carbons (Fsp3) is 0.160. The normalized spacial score (nSPS) is 11.9. The van der Waals surface area contributed by atoms with Crippen molar-refractivity contribution in [2.45, 2.75) is 25.9 Å². The number of rotatable bonds is 6. The third kappa shape index (κ3) is 4.30. The molecule has 4 aromatic rings. The van der Waals surface area contributed by atoms with E-state index >= 15 is 0 Å². The summed E-state index contributed by atoms with van der Waals surface area (Å²) in [6.45, 7) is 1.72. The van der Waals surface area contributed by atoms with Crippen LogP contribution < -0.4 is 10.9 Å². The van der Waals surface area contributed by atoms with Crippen molar-refractivity contribution in [2.75, 3.05) is 0 Å². The summed E-state index contributed by atoms with van der Waals surface area (Å²) in [7, 11) is 0. The molecule has 0 fully saturated rings. The molecule has 1 atom stereocenters. The van der Waals surface area contributed by atoms with Crippen LogP contribution in [0.5, 0.6) is 0 Å². The van der Waals surface area contributed by atoms with E-state index in [0.29, 0.717) is 11.8 Å². The first-order chi connectivity index (χ1) is 14.6. The molecule has 1 N–H and O–H groups in total. The molecule has 0 spiro atoms. The van der Waals surface area contributed by atoms with Crippen molar-refractivity contribution in [1.82, 2.24) is 15.1 Å². The van der Waals surface area contributed by atoms with Crippen LogP contribution in [0.25, 0.3) is 10.8 Å². The molecule has 3 aromatic carbocycles. The van der Waals surface area contributed by atoms with Gasteiger partial charge in [-0.25, -0.2) is 4.68 Å². The fourth-order valence-corrected chi connectivity index (χ4v) is 3.68. The van der Waals surface area contributed by atoms with Gasteiger partial charge < -0.3 is 5.32 Å². The minimum atomic E-state index is -0.259. The largest absolute Gasteiger partial charge is 0.347 e. The van der Waals surface area contributed by atoms with Crippen LogP contribution in [0.3, 0.4) is 0 Å². The van der Waals surface area contributed by atoms with Gasteiger partial charge in [-0.3, -0.25) is 9.59 Å². The maximum absolute atomic E-state index is 12.9. The third-order valence-electron chi connectivity index (χ3n) is 5.17. The Morgan fingerprint density at radius 1 is 0.900 bits per heavy atom. The second-order valence-corrected chi connectivity index (χ2v) is 7.31. The zero-order valence-electron chi connectivity index (χ0n) is 16.8. The molecule has 0 saturated carbocycles. The summed E-state index contributed by atoms with van der Waals surface area (Å²) in [5.41, 5.74) is 2.61. The zero-order valence-corrected chi connectivity index (χ0v) is 16.8. The monoisotopic (exact) mass is 397 g/mol. The van der Waals surface area contributed by atoms with Gasteiger partial charge in [0.2, 0.25) is 5.91 Å². The quantitative estimate of drug-likeness (QED) is 0.538. The van der Waals surface area contributed by atoms with E-state index in [-0.39, 0.29) is 24.1 Å². The van der Waals surface area contributed by atoms with Crippen LogP contribution in [0.4, 0.5) is 0 Å². The summed E-state index contributed by atoms with van der Waals surface area (Å²) in [4.78, 5) is 25.7. The first-order valence-electron chi connectivity index (χ1n) is 9.96. The number of aromatic nitrogens is 2. The van der Waals surface area contributed by atoms with E-state index in [1.807, 2.05) is 85.8 Å². The van der Waals surface area contributed by atoms with Gasteiger partial charge in [-0.15, -0.1) is 0 Å². The maximum Gasteiger partial charge on any atom is 0.275 e. The summed E-state index contributed by atoms with van der Waals surface area (Å²) < 4.78 is 1.25. The van der Waals surface area contributed by atoms with Crippen LogP contribution in [0.2, 0.25) is 0 Å². The molecule has 0 radical (unpaired) electrons. The van der Waals surface area contributed by atoms with Crippen molar-refractivity contribution in [2.24, 2.45) is 0 Å². The summed E-state index contributed by atoms with van der Waals surface area (Å²) >= 11 is 0. The molecule has 0 aliphatic heterocycles. The number of fused-ring (bicyclic) bond motifs is 1. The van der Waals surface area contributed by atoms with E-state index in [0.717, 1.165) is 22.2 Å². The van der Waals surface area contributed by atoms with Gasteiger partial charge in [-0.1, -0.05) is 78.9 Å². The van der Waals surface area contributed by atoms with Gasteiger partial charge in [-0.05, 0) is 30.5 Å². The van der Waals surface area contributed by atoms with Crippen LogP contribution in [-0.4, -0.2) is 15.7 Å². The minimum absolute atomic E-state index is 0.122. The predicted molar refractivity (Wildman–Crippen MR) is 118 cm³/mol. The van der Waals surface area contributed by atoms with Gasteiger partial charge in [0.15, 0.2) is 0 Å². The van der Waals surface area contributed by atoms with Gasteiger partial charge in [0.05, 0.1) is 17.1 Å². The van der Waals surface area contributed by atoms with Crippen LogP contribution in [-0.2, 0) is 17.8 Å². The number of hydrogen-bond donors (Lipinski definition) is 1. The van der Waals surface area contributed by atoms with Crippen molar-refractivity contribution in [3.05, 3.63) is 112 Å². The van der Waals surface area contributed by atoms with E-state index in [9.17, 15) is 9.59 Å². The smallest absolute Gasteiger partial charge is 0.275 e. The Morgan fingerprint density at radius 3 is 2.20 bits per heavy atom. The molecule has 5 heteroatoms. The van der Waals surface area contributed by atoms with Gasteiger partial charge in [-0.2, -0.15) is 5.10 Å². The molecule has 150 valence electrons. The Labute approximate surface area is 175 Å². The maximum atomic E-state index is 12.9. The highest BCUT2D eigenvalue weighted by Gasteiger charge is 2.17. The molecule has 30 heavy (non-hydrogen) atoms.